The number of carbonyl (C=O) groups excluding carboxylic acids is 1. The number of imidazole rings is 1. The number of nitrogens with one attached hydrogen (secondary N) is 1. The smallest absolute Gasteiger partial charge is 0.270 e. The Morgan fingerprint density at radius 2 is 1.88 bits per heavy atom. The van der Waals surface area contributed by atoms with Crippen molar-refractivity contribution in [3.05, 3.63) is 83.6 Å². The van der Waals surface area contributed by atoms with Gasteiger partial charge in [0.25, 0.3) is 5.91 Å². The molecule has 0 bridgehead atoms. The highest BCUT2D eigenvalue weighted by molar-refractivity contribution is 5.98. The van der Waals surface area contributed by atoms with Crippen LogP contribution in [0.4, 0.5) is 4.39 Å². The average molecular weight is 455 g/mol. The predicted octanol–water partition coefficient (Wildman–Crippen LogP) is 5.20. The van der Waals surface area contributed by atoms with Crippen molar-refractivity contribution in [3.8, 4) is 16.9 Å². The Balaban J connectivity index is 1.34. The van der Waals surface area contributed by atoms with Crippen molar-refractivity contribution in [1.82, 2.24) is 19.4 Å². The van der Waals surface area contributed by atoms with Crippen molar-refractivity contribution in [3.63, 3.8) is 0 Å². The van der Waals surface area contributed by atoms with Gasteiger partial charge in [-0.25, -0.2) is 9.37 Å². The molecule has 2 aromatic heterocycles. The molecular formula is C27H23FN4O2. The van der Waals surface area contributed by atoms with E-state index in [1.807, 2.05) is 36.7 Å². The first-order chi connectivity index (χ1) is 16.5. The third-order valence-electron chi connectivity index (χ3n) is 6.49. The number of nitrogens with zero attached hydrogens (tertiary/aromatic N) is 3. The Morgan fingerprint density at radius 1 is 1.06 bits per heavy atom. The first kappa shape index (κ1) is 20.5. The Bertz CT molecular complexity index is 1580. The normalized spacial score (nSPS) is 13.7. The van der Waals surface area contributed by atoms with Gasteiger partial charge in [0.15, 0.2) is 0 Å². The fourth-order valence-electron chi connectivity index (χ4n) is 4.75. The minimum atomic E-state index is -0.315. The molecule has 0 unspecified atom stereocenters. The molecule has 0 fully saturated rings. The second kappa shape index (κ2) is 7.73. The Kier molecular flexibility index (Phi) is 4.65. The van der Waals surface area contributed by atoms with E-state index < -0.39 is 0 Å². The summed E-state index contributed by atoms with van der Waals surface area (Å²) in [5, 5.41) is 0.712. The number of hydrogen-bond donors (Lipinski definition) is 1. The summed E-state index contributed by atoms with van der Waals surface area (Å²) in [6.45, 7) is 3.26. The van der Waals surface area contributed by atoms with Crippen molar-refractivity contribution < 1.29 is 13.9 Å². The highest BCUT2D eigenvalue weighted by Gasteiger charge is 2.24. The summed E-state index contributed by atoms with van der Waals surface area (Å²) in [6.07, 6.45) is 0. The lowest BCUT2D eigenvalue weighted by molar-refractivity contribution is 0.0724. The summed E-state index contributed by atoms with van der Waals surface area (Å²) in [4.78, 5) is 23.1. The maximum Gasteiger partial charge on any atom is 0.270 e. The van der Waals surface area contributed by atoms with Gasteiger partial charge in [-0.3, -0.25) is 4.79 Å². The van der Waals surface area contributed by atoms with Crippen LogP contribution in [0.15, 0.2) is 60.7 Å². The zero-order chi connectivity index (χ0) is 23.4. The molecule has 1 aliphatic heterocycles. The van der Waals surface area contributed by atoms with E-state index in [0.717, 1.165) is 44.8 Å². The van der Waals surface area contributed by atoms with Gasteiger partial charge >= 0.3 is 0 Å². The van der Waals surface area contributed by atoms with E-state index in [-0.39, 0.29) is 11.7 Å². The molecule has 1 aliphatic rings. The number of fused-ring (bicyclic) bond motifs is 3. The molecule has 0 aliphatic carbocycles. The molecule has 3 heterocycles. The van der Waals surface area contributed by atoms with Crippen LogP contribution in [0.3, 0.4) is 0 Å². The van der Waals surface area contributed by atoms with Crippen molar-refractivity contribution in [2.45, 2.75) is 13.5 Å². The van der Waals surface area contributed by atoms with Gasteiger partial charge in [0, 0.05) is 30.1 Å². The van der Waals surface area contributed by atoms with E-state index in [1.165, 1.54) is 12.1 Å². The minimum Gasteiger partial charge on any atom is -0.491 e. The lowest BCUT2D eigenvalue weighted by atomic mass is 10.0. The second-order valence-corrected chi connectivity index (χ2v) is 8.74. The fourth-order valence-corrected chi connectivity index (χ4v) is 4.75. The first-order valence-corrected chi connectivity index (χ1v) is 11.2. The van der Waals surface area contributed by atoms with Crippen LogP contribution in [0.1, 0.15) is 21.9 Å². The largest absolute Gasteiger partial charge is 0.491 e. The predicted molar refractivity (Wildman–Crippen MR) is 129 cm³/mol. The number of halogens is 1. The third kappa shape index (κ3) is 3.41. The number of H-pyrrole nitrogens is 1. The number of aryl methyl sites for hydroxylation is 2. The molecule has 34 heavy (non-hydrogen) atoms. The van der Waals surface area contributed by atoms with Gasteiger partial charge in [-0.05, 0) is 66.6 Å². The van der Waals surface area contributed by atoms with Crippen LogP contribution < -0.4 is 4.74 Å². The van der Waals surface area contributed by atoms with E-state index in [0.29, 0.717) is 30.8 Å². The van der Waals surface area contributed by atoms with Crippen LogP contribution >= 0.6 is 0 Å². The Hall–Kier alpha value is -4.13. The maximum atomic E-state index is 13.7. The van der Waals surface area contributed by atoms with Gasteiger partial charge in [0.2, 0.25) is 0 Å². The lowest BCUT2D eigenvalue weighted by Gasteiger charge is -2.20. The summed E-state index contributed by atoms with van der Waals surface area (Å²) < 4.78 is 21.5. The van der Waals surface area contributed by atoms with Crippen molar-refractivity contribution in [1.29, 1.82) is 0 Å². The fraction of sp³-hybridized carbons (Fsp3) is 0.185. The molecule has 0 saturated carbocycles. The Labute approximate surface area is 195 Å². The van der Waals surface area contributed by atoms with Gasteiger partial charge in [-0.1, -0.05) is 12.1 Å². The van der Waals surface area contributed by atoms with Crippen LogP contribution in [0.25, 0.3) is 33.1 Å². The van der Waals surface area contributed by atoms with Crippen LogP contribution in [-0.4, -0.2) is 38.5 Å². The molecule has 6 nitrogen and oxygen atoms in total. The van der Waals surface area contributed by atoms with E-state index in [4.69, 9.17) is 4.74 Å². The molecule has 6 rings (SSSR count). The zero-order valence-electron chi connectivity index (χ0n) is 18.9. The number of ether oxygens (including phenoxy) is 1. The standard InChI is InChI=1S/C27H23FN4O2/c1-16-29-22-6-3-18(13-23(22)30-16)17-4-8-26-20(11-17)15-32(9-10-34-26)27(33)25-14-19-12-21(28)5-7-24(19)31(25)2/h3-8,11-14H,9-10,15H2,1-2H3,(H,29,30). The number of hydrogen-bond acceptors (Lipinski definition) is 3. The van der Waals surface area contributed by atoms with Crippen LogP contribution in [0.2, 0.25) is 0 Å². The minimum absolute atomic E-state index is 0.102. The summed E-state index contributed by atoms with van der Waals surface area (Å²) >= 11 is 0. The summed E-state index contributed by atoms with van der Waals surface area (Å²) in [7, 11) is 1.83. The van der Waals surface area contributed by atoms with Crippen LogP contribution in [0, 0.1) is 12.7 Å². The van der Waals surface area contributed by atoms with Gasteiger partial charge < -0.3 is 19.2 Å². The zero-order valence-corrected chi connectivity index (χ0v) is 18.9. The summed E-state index contributed by atoms with van der Waals surface area (Å²) in [5.74, 6) is 1.25. The second-order valence-electron chi connectivity index (χ2n) is 8.74. The molecule has 7 heteroatoms. The van der Waals surface area contributed by atoms with E-state index in [1.54, 1.807) is 17.0 Å². The van der Waals surface area contributed by atoms with E-state index >= 15 is 0 Å². The van der Waals surface area contributed by atoms with Crippen LogP contribution in [-0.2, 0) is 13.6 Å². The highest BCUT2D eigenvalue weighted by Crippen LogP contribution is 2.31. The number of rotatable bonds is 2. The quantitative estimate of drug-likeness (QED) is 0.399. The topological polar surface area (TPSA) is 63.1 Å². The van der Waals surface area contributed by atoms with Gasteiger partial charge in [-0.15, -0.1) is 0 Å². The number of amides is 1. The molecule has 170 valence electrons. The summed E-state index contributed by atoms with van der Waals surface area (Å²) in [6, 6.07) is 18.6. The first-order valence-electron chi connectivity index (χ1n) is 11.2. The average Bonchev–Trinajstić information content (AvgIpc) is 3.27. The molecular weight excluding hydrogens is 431 g/mol. The molecule has 0 atom stereocenters. The lowest BCUT2D eigenvalue weighted by Crippen LogP contribution is -2.33. The third-order valence-corrected chi connectivity index (χ3v) is 6.49. The monoisotopic (exact) mass is 454 g/mol. The van der Waals surface area contributed by atoms with E-state index in [9.17, 15) is 9.18 Å². The number of aromatic amines is 1. The molecule has 5 aromatic rings. The van der Waals surface area contributed by atoms with Crippen molar-refractivity contribution in [2.24, 2.45) is 7.05 Å². The van der Waals surface area contributed by atoms with Gasteiger partial charge in [0.05, 0.1) is 17.6 Å². The maximum absolute atomic E-state index is 13.7. The van der Waals surface area contributed by atoms with Crippen molar-refractivity contribution in [2.75, 3.05) is 13.2 Å². The highest BCUT2D eigenvalue weighted by atomic mass is 19.1. The molecule has 0 radical (unpaired) electrons. The van der Waals surface area contributed by atoms with Crippen molar-refractivity contribution >= 4 is 27.8 Å². The number of carbonyl (C=O) groups is 1. The van der Waals surface area contributed by atoms with Gasteiger partial charge in [-0.2, -0.15) is 0 Å². The summed E-state index contributed by atoms with van der Waals surface area (Å²) in [5.41, 5.74) is 6.32. The van der Waals surface area contributed by atoms with E-state index in [2.05, 4.69) is 28.2 Å². The molecule has 1 N–H and O–H groups in total. The molecule has 0 spiro atoms. The molecule has 0 saturated heterocycles. The Morgan fingerprint density at radius 3 is 2.76 bits per heavy atom. The van der Waals surface area contributed by atoms with Gasteiger partial charge in [0.1, 0.15) is 29.7 Å². The number of benzene rings is 3. The molecule has 3 aromatic carbocycles. The molecule has 1 amide bonds. The number of aromatic nitrogens is 3. The van der Waals surface area contributed by atoms with Crippen LogP contribution in [0.5, 0.6) is 5.75 Å². The SMILES string of the molecule is Cc1nc2cc(-c3ccc4c(c3)CN(C(=O)c3cc5cc(F)ccc5n3C)CCO4)ccc2[nH]1.